The first-order valence-corrected chi connectivity index (χ1v) is 9.79. The van der Waals surface area contributed by atoms with Gasteiger partial charge in [0.15, 0.2) is 11.4 Å². The van der Waals surface area contributed by atoms with Crippen LogP contribution < -0.4 is 4.74 Å². The highest BCUT2D eigenvalue weighted by Gasteiger charge is 2.14. The van der Waals surface area contributed by atoms with E-state index in [9.17, 15) is 4.79 Å². The molecule has 4 rings (SSSR count). The van der Waals surface area contributed by atoms with Gasteiger partial charge in [-0.25, -0.2) is 0 Å². The van der Waals surface area contributed by atoms with Crippen molar-refractivity contribution < 1.29 is 9.53 Å². The molecule has 0 aliphatic rings. The minimum absolute atomic E-state index is 0.0145. The Labute approximate surface area is 170 Å². The van der Waals surface area contributed by atoms with Gasteiger partial charge < -0.3 is 4.74 Å². The third kappa shape index (κ3) is 3.72. The maximum Gasteiger partial charge on any atom is 0.212 e. The Morgan fingerprint density at radius 2 is 1.86 bits per heavy atom. The zero-order chi connectivity index (χ0) is 19.5. The molecule has 0 atom stereocenters. The van der Waals surface area contributed by atoms with Gasteiger partial charge in [-0.2, -0.15) is 9.61 Å². The van der Waals surface area contributed by atoms with Crippen LogP contribution in [0.2, 0.25) is 5.02 Å². The lowest BCUT2D eigenvalue weighted by Gasteiger charge is -2.08. The molecule has 0 N–H and O–H groups in total. The molecule has 140 valence electrons. The average Bonchev–Trinajstić information content (AvgIpc) is 3.14. The summed E-state index contributed by atoms with van der Waals surface area (Å²) in [5.74, 6) is 0.942. The van der Waals surface area contributed by atoms with E-state index >= 15 is 0 Å². The third-order valence-electron chi connectivity index (χ3n) is 4.12. The monoisotopic (exact) mass is 410 g/mol. The van der Waals surface area contributed by atoms with E-state index < -0.39 is 0 Å². The predicted molar refractivity (Wildman–Crippen MR) is 109 cm³/mol. The highest BCUT2D eigenvalue weighted by Crippen LogP contribution is 2.28. The topological polar surface area (TPSA) is 69.4 Å². The predicted octanol–water partition coefficient (Wildman–Crippen LogP) is 4.43. The zero-order valence-corrected chi connectivity index (χ0v) is 16.4. The van der Waals surface area contributed by atoms with Crippen LogP contribution in [0, 0.1) is 0 Å². The van der Waals surface area contributed by atoms with Crippen LogP contribution in [0.5, 0.6) is 5.75 Å². The number of ether oxygens (including phenoxy) is 1. The Morgan fingerprint density at radius 1 is 1.07 bits per heavy atom. The molecule has 0 aliphatic carbocycles. The number of thioether (sulfide) groups is 1. The highest BCUT2D eigenvalue weighted by atomic mass is 35.5. The van der Waals surface area contributed by atoms with Crippen molar-refractivity contribution in [1.82, 2.24) is 19.8 Å². The summed E-state index contributed by atoms with van der Waals surface area (Å²) in [6, 6.07) is 18.2. The first-order valence-electron chi connectivity index (χ1n) is 8.43. The number of carbonyl (C=O) groups is 1. The molecule has 0 bridgehead atoms. The van der Waals surface area contributed by atoms with E-state index in [1.165, 1.54) is 11.8 Å². The van der Waals surface area contributed by atoms with Crippen LogP contribution in [0.4, 0.5) is 0 Å². The summed E-state index contributed by atoms with van der Waals surface area (Å²) in [5, 5.41) is 14.1. The summed E-state index contributed by atoms with van der Waals surface area (Å²) >= 11 is 7.16. The fraction of sp³-hybridized carbons (Fsp3) is 0.100. The van der Waals surface area contributed by atoms with E-state index in [1.807, 2.05) is 36.4 Å². The molecule has 8 heteroatoms. The molecule has 0 aliphatic heterocycles. The van der Waals surface area contributed by atoms with Crippen LogP contribution in [-0.4, -0.2) is 38.5 Å². The molecular weight excluding hydrogens is 396 g/mol. The van der Waals surface area contributed by atoms with Crippen LogP contribution in [-0.2, 0) is 0 Å². The number of ketones is 1. The lowest BCUT2D eigenvalue weighted by Crippen LogP contribution is -2.04. The molecule has 0 fully saturated rings. The molecule has 0 amide bonds. The molecule has 0 saturated carbocycles. The van der Waals surface area contributed by atoms with E-state index in [2.05, 4.69) is 15.3 Å². The summed E-state index contributed by atoms with van der Waals surface area (Å²) in [5.41, 5.74) is 2.82. The molecule has 0 unspecified atom stereocenters. The summed E-state index contributed by atoms with van der Waals surface area (Å²) in [6.45, 7) is 0. The van der Waals surface area contributed by atoms with Crippen molar-refractivity contribution in [2.45, 2.75) is 5.16 Å². The maximum absolute atomic E-state index is 12.4. The molecule has 6 nitrogen and oxygen atoms in total. The first kappa shape index (κ1) is 18.5. The van der Waals surface area contributed by atoms with E-state index in [0.717, 1.165) is 17.0 Å². The van der Waals surface area contributed by atoms with Crippen molar-refractivity contribution in [2.75, 3.05) is 12.9 Å². The molecule has 0 spiro atoms. The Balaban J connectivity index is 1.60. The Kier molecular flexibility index (Phi) is 5.27. The van der Waals surface area contributed by atoms with Crippen molar-refractivity contribution in [2.24, 2.45) is 0 Å². The molecule has 4 aromatic rings. The number of benzene rings is 2. The van der Waals surface area contributed by atoms with Crippen molar-refractivity contribution in [1.29, 1.82) is 0 Å². The minimum atomic E-state index is -0.0145. The Morgan fingerprint density at radius 3 is 2.64 bits per heavy atom. The summed E-state index contributed by atoms with van der Waals surface area (Å²) < 4.78 is 7.06. The van der Waals surface area contributed by atoms with E-state index in [4.69, 9.17) is 16.3 Å². The van der Waals surface area contributed by atoms with Gasteiger partial charge in [0.1, 0.15) is 5.75 Å². The first-order chi connectivity index (χ1) is 13.7. The lowest BCUT2D eigenvalue weighted by molar-refractivity contribution is 0.102. The van der Waals surface area contributed by atoms with Gasteiger partial charge in [-0.3, -0.25) is 4.79 Å². The van der Waals surface area contributed by atoms with E-state index in [0.29, 0.717) is 21.4 Å². The second-order valence-corrected chi connectivity index (χ2v) is 7.27. The molecular formula is C20H15ClN4O2S. The quantitative estimate of drug-likeness (QED) is 0.346. The second-order valence-electron chi connectivity index (χ2n) is 5.89. The maximum atomic E-state index is 12.4. The van der Waals surface area contributed by atoms with Gasteiger partial charge in [-0.1, -0.05) is 35.5 Å². The van der Waals surface area contributed by atoms with Gasteiger partial charge in [0.25, 0.3) is 0 Å². The molecule has 28 heavy (non-hydrogen) atoms. The third-order valence-corrected chi connectivity index (χ3v) is 5.29. The van der Waals surface area contributed by atoms with Crippen LogP contribution in [0.25, 0.3) is 16.9 Å². The Hall–Kier alpha value is -2.90. The number of methoxy groups -OCH3 is 1. The minimum Gasteiger partial charge on any atom is -0.496 e. The fourth-order valence-electron chi connectivity index (χ4n) is 2.71. The zero-order valence-electron chi connectivity index (χ0n) is 14.9. The number of Topliss-reactive ketones (excluding diaryl/α,β-unsaturated/α-hetero) is 1. The second kappa shape index (κ2) is 8.00. The van der Waals surface area contributed by atoms with E-state index in [1.54, 1.807) is 35.9 Å². The van der Waals surface area contributed by atoms with Crippen molar-refractivity contribution in [3.8, 4) is 17.0 Å². The summed E-state index contributed by atoms with van der Waals surface area (Å²) in [4.78, 5) is 12.4. The normalized spacial score (nSPS) is 10.9. The number of hydrogen-bond acceptors (Lipinski definition) is 6. The smallest absolute Gasteiger partial charge is 0.212 e. The van der Waals surface area contributed by atoms with Gasteiger partial charge in [-0.15, -0.1) is 10.2 Å². The molecule has 2 aromatic carbocycles. The van der Waals surface area contributed by atoms with Gasteiger partial charge >= 0.3 is 0 Å². The van der Waals surface area contributed by atoms with Crippen LogP contribution in [0.1, 0.15) is 10.4 Å². The standard InChI is InChI=1S/C20H15ClN4O2S/c1-27-18-5-3-2-4-15(18)16-10-11-19-22-23-20(25(19)24-16)28-12-17(26)13-6-8-14(21)9-7-13/h2-11H,12H2,1H3. The van der Waals surface area contributed by atoms with Gasteiger partial charge in [0.2, 0.25) is 5.16 Å². The van der Waals surface area contributed by atoms with Crippen LogP contribution >= 0.6 is 23.4 Å². The number of fused-ring (bicyclic) bond motifs is 1. The number of halogens is 1. The van der Waals surface area contributed by atoms with Gasteiger partial charge in [0, 0.05) is 16.1 Å². The summed E-state index contributed by atoms with van der Waals surface area (Å²) in [7, 11) is 1.62. The summed E-state index contributed by atoms with van der Waals surface area (Å²) in [6.07, 6.45) is 0. The van der Waals surface area contributed by atoms with Gasteiger partial charge in [0.05, 0.1) is 18.6 Å². The van der Waals surface area contributed by atoms with Crippen LogP contribution in [0.15, 0.2) is 65.8 Å². The molecule has 0 saturated heterocycles. The number of hydrogen-bond donors (Lipinski definition) is 0. The number of para-hydroxylation sites is 1. The molecule has 2 heterocycles. The van der Waals surface area contributed by atoms with Crippen molar-refractivity contribution >= 4 is 34.8 Å². The lowest BCUT2D eigenvalue weighted by atomic mass is 10.1. The number of nitrogens with zero attached hydrogens (tertiary/aromatic N) is 4. The highest BCUT2D eigenvalue weighted by molar-refractivity contribution is 7.99. The van der Waals surface area contributed by atoms with E-state index in [-0.39, 0.29) is 11.5 Å². The molecule has 2 aromatic heterocycles. The fourth-order valence-corrected chi connectivity index (χ4v) is 3.62. The largest absolute Gasteiger partial charge is 0.496 e. The van der Waals surface area contributed by atoms with Crippen molar-refractivity contribution in [3.05, 3.63) is 71.2 Å². The average molecular weight is 411 g/mol. The number of carbonyl (C=O) groups excluding carboxylic acids is 1. The molecule has 0 radical (unpaired) electrons. The van der Waals surface area contributed by atoms with Crippen molar-refractivity contribution in [3.63, 3.8) is 0 Å². The number of rotatable bonds is 6. The van der Waals surface area contributed by atoms with Crippen LogP contribution in [0.3, 0.4) is 0 Å². The Bertz CT molecular complexity index is 1140. The number of aromatic nitrogens is 4. The SMILES string of the molecule is COc1ccccc1-c1ccc2nnc(SCC(=O)c3ccc(Cl)cc3)n2n1. The van der Waals surface area contributed by atoms with Gasteiger partial charge in [-0.05, 0) is 48.5 Å².